The molecule has 0 amide bonds. The molecule has 0 aliphatic carbocycles. The van der Waals surface area contributed by atoms with Crippen LogP contribution in [0.1, 0.15) is 5.56 Å². The van der Waals surface area contributed by atoms with E-state index >= 15 is 0 Å². The Hall–Kier alpha value is -0.423. The monoisotopic (exact) mass is 158 g/mol. The van der Waals surface area contributed by atoms with Crippen LogP contribution in [0.3, 0.4) is 0 Å². The Kier molecular flexibility index (Phi) is 5.92. The maximum Gasteiger partial charge on any atom is 1.00 e. The fraction of sp³-hybridized carbons (Fsp3) is 0.222. The van der Waals surface area contributed by atoms with E-state index in [4.69, 9.17) is 9.47 Å². The van der Waals surface area contributed by atoms with Crippen LogP contribution in [0.15, 0.2) is 24.3 Å². The third-order valence-electron chi connectivity index (χ3n) is 1.43. The number of ether oxygens (including phenoxy) is 2. The van der Waals surface area contributed by atoms with E-state index in [0.29, 0.717) is 6.61 Å². The van der Waals surface area contributed by atoms with Crippen LogP contribution in [0, 0.1) is 7.11 Å². The summed E-state index contributed by atoms with van der Waals surface area (Å²) in [4.78, 5) is 0. The van der Waals surface area contributed by atoms with Gasteiger partial charge in [0.1, 0.15) is 5.75 Å². The van der Waals surface area contributed by atoms with Gasteiger partial charge in [-0.3, -0.25) is 0 Å². The summed E-state index contributed by atoms with van der Waals surface area (Å²) in [5, 5.41) is 0. The third-order valence-corrected chi connectivity index (χ3v) is 1.43. The Balaban J connectivity index is 0.00000121. The van der Waals surface area contributed by atoms with Gasteiger partial charge in [-0.25, -0.2) is 7.11 Å². The first kappa shape index (κ1) is 11.6. The first-order valence-corrected chi connectivity index (χ1v) is 3.36. The van der Waals surface area contributed by atoms with E-state index < -0.39 is 0 Å². The molecule has 0 aliphatic rings. The molecule has 2 nitrogen and oxygen atoms in total. The van der Waals surface area contributed by atoms with Crippen molar-refractivity contribution in [2.75, 3.05) is 7.11 Å². The van der Waals surface area contributed by atoms with Crippen molar-refractivity contribution in [1.82, 2.24) is 0 Å². The maximum atomic E-state index is 4.99. The molecule has 12 heavy (non-hydrogen) atoms. The van der Waals surface area contributed by atoms with Gasteiger partial charge >= 0.3 is 18.9 Å². The molecule has 60 valence electrons. The minimum Gasteiger partial charge on any atom is -0.552 e. The zero-order chi connectivity index (χ0) is 8.10. The summed E-state index contributed by atoms with van der Waals surface area (Å²) in [6.07, 6.45) is 0. The van der Waals surface area contributed by atoms with Gasteiger partial charge in [-0.2, -0.15) is 0 Å². The largest absolute Gasteiger partial charge is 1.00 e. The number of hydrogen-bond acceptors (Lipinski definition) is 2. The molecular weight excluding hydrogens is 147 g/mol. The minimum atomic E-state index is 0. The second kappa shape index (κ2) is 6.13. The van der Waals surface area contributed by atoms with Gasteiger partial charge in [0.2, 0.25) is 0 Å². The van der Waals surface area contributed by atoms with Crippen molar-refractivity contribution in [2.24, 2.45) is 0 Å². The van der Waals surface area contributed by atoms with Crippen molar-refractivity contribution in [3.63, 3.8) is 0 Å². The first-order chi connectivity index (χ1) is 5.36. The molecule has 0 unspecified atom stereocenters. The zero-order valence-electron chi connectivity index (χ0n) is 7.54. The molecule has 0 heterocycles. The van der Waals surface area contributed by atoms with Gasteiger partial charge < -0.3 is 9.47 Å². The summed E-state index contributed by atoms with van der Waals surface area (Å²) < 4.78 is 9.70. The Morgan fingerprint density at radius 1 is 1.25 bits per heavy atom. The van der Waals surface area contributed by atoms with Crippen LogP contribution in [0.25, 0.3) is 0 Å². The number of benzene rings is 1. The molecule has 0 atom stereocenters. The summed E-state index contributed by atoms with van der Waals surface area (Å²) in [7, 11) is 4.94. The molecule has 1 aromatic carbocycles. The van der Waals surface area contributed by atoms with E-state index in [1.165, 1.54) is 0 Å². The van der Waals surface area contributed by atoms with Crippen molar-refractivity contribution >= 4 is 0 Å². The van der Waals surface area contributed by atoms with Gasteiger partial charge in [0.15, 0.2) is 0 Å². The maximum absolute atomic E-state index is 4.99. The predicted molar refractivity (Wildman–Crippen MR) is 43.1 cm³/mol. The van der Waals surface area contributed by atoms with Crippen LogP contribution in [-0.4, -0.2) is 7.11 Å². The summed E-state index contributed by atoms with van der Waals surface area (Å²) in [6, 6.07) is 7.69. The smallest absolute Gasteiger partial charge is 0.552 e. The van der Waals surface area contributed by atoms with E-state index in [0.717, 1.165) is 11.3 Å². The Labute approximate surface area is 85.1 Å². The van der Waals surface area contributed by atoms with Crippen LogP contribution in [0.4, 0.5) is 0 Å². The van der Waals surface area contributed by atoms with Crippen LogP contribution in [-0.2, 0) is 11.3 Å². The van der Waals surface area contributed by atoms with E-state index in [9.17, 15) is 0 Å². The summed E-state index contributed by atoms with van der Waals surface area (Å²) in [5.74, 6) is 0.859. The van der Waals surface area contributed by atoms with Crippen molar-refractivity contribution in [3.8, 4) is 5.75 Å². The van der Waals surface area contributed by atoms with Crippen molar-refractivity contribution in [1.29, 1.82) is 0 Å². The molecule has 0 radical (unpaired) electrons. The standard InChI is InChI=1S/C9H11O2.Li/c1-10-7-8-3-5-9(11-2)6-4-8;/h3-6H,1,7H2,2H3;/q-1;+1. The number of hydrogen-bond donors (Lipinski definition) is 0. The fourth-order valence-corrected chi connectivity index (χ4v) is 0.840. The van der Waals surface area contributed by atoms with E-state index in [-0.39, 0.29) is 18.9 Å². The Morgan fingerprint density at radius 2 is 1.83 bits per heavy atom. The van der Waals surface area contributed by atoms with Gasteiger partial charge in [0.25, 0.3) is 0 Å². The third kappa shape index (κ3) is 3.32. The molecule has 1 rings (SSSR count). The van der Waals surface area contributed by atoms with Crippen molar-refractivity contribution < 1.29 is 28.3 Å². The Morgan fingerprint density at radius 3 is 2.25 bits per heavy atom. The topological polar surface area (TPSA) is 18.5 Å². The Bertz CT molecular complexity index is 208. The molecule has 1 aromatic rings. The summed E-state index contributed by atoms with van der Waals surface area (Å²) >= 11 is 0. The molecule has 0 spiro atoms. The van der Waals surface area contributed by atoms with Crippen LogP contribution in [0.5, 0.6) is 5.75 Å². The molecule has 0 aromatic heterocycles. The molecule has 0 N–H and O–H groups in total. The van der Waals surface area contributed by atoms with E-state index in [2.05, 4.69) is 7.11 Å². The molecule has 0 aliphatic heterocycles. The van der Waals surface area contributed by atoms with E-state index in [1.807, 2.05) is 24.3 Å². The summed E-state index contributed by atoms with van der Waals surface area (Å²) in [5.41, 5.74) is 1.10. The molecule has 0 bridgehead atoms. The average molecular weight is 158 g/mol. The van der Waals surface area contributed by atoms with Gasteiger partial charge in [0.05, 0.1) is 7.11 Å². The van der Waals surface area contributed by atoms with Crippen molar-refractivity contribution in [2.45, 2.75) is 6.61 Å². The SMILES string of the molecule is [CH2-]OCc1ccc(OC)cc1.[Li+]. The second-order valence-electron chi connectivity index (χ2n) is 2.20. The van der Waals surface area contributed by atoms with Crippen molar-refractivity contribution in [3.05, 3.63) is 36.9 Å². The van der Waals surface area contributed by atoms with Crippen LogP contribution in [0.2, 0.25) is 0 Å². The zero-order valence-corrected chi connectivity index (χ0v) is 7.54. The average Bonchev–Trinajstić information content (AvgIpc) is 2.07. The van der Waals surface area contributed by atoms with E-state index in [1.54, 1.807) is 7.11 Å². The number of methoxy groups -OCH3 is 1. The number of rotatable bonds is 3. The predicted octanol–water partition coefficient (Wildman–Crippen LogP) is -0.993. The molecule has 0 saturated heterocycles. The molecular formula is C9H11LiO2. The normalized spacial score (nSPS) is 8.83. The van der Waals surface area contributed by atoms with Gasteiger partial charge in [-0.15, -0.1) is 0 Å². The molecule has 3 heteroatoms. The first-order valence-electron chi connectivity index (χ1n) is 3.36. The van der Waals surface area contributed by atoms with Gasteiger partial charge in [0, 0.05) is 6.61 Å². The second-order valence-corrected chi connectivity index (χ2v) is 2.20. The van der Waals surface area contributed by atoms with Crippen LogP contribution < -0.4 is 23.6 Å². The fourth-order valence-electron chi connectivity index (χ4n) is 0.840. The molecule has 0 fully saturated rings. The summed E-state index contributed by atoms with van der Waals surface area (Å²) in [6.45, 7) is 0.546. The van der Waals surface area contributed by atoms with Crippen LogP contribution >= 0.6 is 0 Å². The van der Waals surface area contributed by atoms with Gasteiger partial charge in [-0.1, -0.05) is 12.1 Å². The van der Waals surface area contributed by atoms with Gasteiger partial charge in [-0.05, 0) is 17.7 Å². The quantitative estimate of drug-likeness (QED) is 0.415. The molecule has 0 saturated carbocycles. The minimum absolute atomic E-state index is 0.